The lowest BCUT2D eigenvalue weighted by Crippen LogP contribution is -2.10. The second kappa shape index (κ2) is 3.06. The van der Waals surface area contributed by atoms with Gasteiger partial charge in [0.2, 0.25) is 5.13 Å². The summed E-state index contributed by atoms with van der Waals surface area (Å²) in [6.07, 6.45) is -0.571. The monoisotopic (exact) mass is 160 g/mol. The van der Waals surface area contributed by atoms with Crippen LogP contribution in [0.4, 0.5) is 9.93 Å². The molecule has 1 aromatic rings. The normalized spacial score (nSPS) is 8.90. The van der Waals surface area contributed by atoms with E-state index < -0.39 is 6.09 Å². The van der Waals surface area contributed by atoms with Crippen LogP contribution in [-0.4, -0.2) is 28.0 Å². The van der Waals surface area contributed by atoms with Crippen molar-refractivity contribution in [2.24, 2.45) is 0 Å². The Kier molecular flexibility index (Phi) is 2.11. The molecular weight excluding hydrogens is 156 g/mol. The Morgan fingerprint density at radius 2 is 2.60 bits per heavy atom. The van der Waals surface area contributed by atoms with Crippen LogP contribution in [0.1, 0.15) is 0 Å². The molecule has 54 valence electrons. The fourth-order valence-corrected chi connectivity index (χ4v) is 0.673. The van der Waals surface area contributed by atoms with Crippen molar-refractivity contribution in [1.29, 1.82) is 0 Å². The summed E-state index contributed by atoms with van der Waals surface area (Å²) in [5, 5.41) is 9.33. The second-order valence-electron chi connectivity index (χ2n) is 1.28. The zero-order chi connectivity index (χ0) is 7.40. The lowest BCUT2D eigenvalue weighted by Gasteiger charge is -1.94. The highest BCUT2D eigenvalue weighted by Gasteiger charge is 2.02. The Morgan fingerprint density at radius 3 is 3.10 bits per heavy atom. The van der Waals surface area contributed by atoms with E-state index in [9.17, 15) is 4.79 Å². The van der Waals surface area contributed by atoms with Crippen LogP contribution < -0.4 is 5.32 Å². The number of aromatic nitrogens is 3. The number of hydrogen-bond acceptors (Lipinski definition) is 6. The molecule has 0 unspecified atom stereocenters. The van der Waals surface area contributed by atoms with Crippen molar-refractivity contribution < 1.29 is 9.53 Å². The molecule has 0 saturated heterocycles. The van der Waals surface area contributed by atoms with Gasteiger partial charge in [-0.2, -0.15) is 0 Å². The molecule has 1 rings (SSSR count). The van der Waals surface area contributed by atoms with E-state index in [4.69, 9.17) is 0 Å². The van der Waals surface area contributed by atoms with Gasteiger partial charge in [-0.15, -0.1) is 0 Å². The molecule has 0 radical (unpaired) electrons. The summed E-state index contributed by atoms with van der Waals surface area (Å²) in [6, 6.07) is 0. The van der Waals surface area contributed by atoms with Gasteiger partial charge in [-0.05, 0) is 5.21 Å². The Labute approximate surface area is 60.4 Å². The molecule has 6 nitrogen and oxygen atoms in total. The first-order chi connectivity index (χ1) is 4.83. The number of amides is 1. The predicted octanol–water partition coefficient (Wildman–Crippen LogP) is 0.111. The highest BCUT2D eigenvalue weighted by Crippen LogP contribution is 2.03. The molecule has 0 aliphatic rings. The Morgan fingerprint density at radius 1 is 1.80 bits per heavy atom. The number of hydrogen-bond donors (Lipinski definition) is 1. The van der Waals surface area contributed by atoms with Crippen molar-refractivity contribution in [2.75, 3.05) is 12.4 Å². The van der Waals surface area contributed by atoms with Crippen LogP contribution in [0.5, 0.6) is 0 Å². The van der Waals surface area contributed by atoms with E-state index in [0.717, 1.165) is 11.5 Å². The van der Waals surface area contributed by atoms with Gasteiger partial charge in [-0.1, -0.05) is 9.59 Å². The summed E-state index contributed by atoms with van der Waals surface area (Å²) < 4.78 is 7.70. The quantitative estimate of drug-likeness (QED) is 0.631. The van der Waals surface area contributed by atoms with Crippen molar-refractivity contribution in [3.63, 3.8) is 0 Å². The van der Waals surface area contributed by atoms with E-state index in [0.29, 0.717) is 5.13 Å². The minimum Gasteiger partial charge on any atom is -0.453 e. The Bertz CT molecular complexity index is 210. The molecule has 0 atom stereocenters. The molecule has 0 saturated carbocycles. The molecule has 0 fully saturated rings. The number of carbonyl (C=O) groups excluding carboxylic acids is 1. The first kappa shape index (κ1) is 6.87. The van der Waals surface area contributed by atoms with Gasteiger partial charge in [0.15, 0.2) is 0 Å². The summed E-state index contributed by atoms with van der Waals surface area (Å²) in [5.74, 6) is 0. The molecule has 1 heterocycles. The fourth-order valence-electron chi connectivity index (χ4n) is 0.320. The molecule has 10 heavy (non-hydrogen) atoms. The maximum absolute atomic E-state index is 10.5. The SMILES string of the molecule is COC(=O)Nc1nnns1. The average molecular weight is 160 g/mol. The third-order valence-corrected chi connectivity index (χ3v) is 1.21. The molecule has 0 aliphatic carbocycles. The third-order valence-electron chi connectivity index (χ3n) is 0.694. The van der Waals surface area contributed by atoms with Crippen LogP contribution >= 0.6 is 11.5 Å². The van der Waals surface area contributed by atoms with Crippen molar-refractivity contribution in [2.45, 2.75) is 0 Å². The van der Waals surface area contributed by atoms with Crippen molar-refractivity contribution in [3.05, 3.63) is 0 Å². The number of carbonyl (C=O) groups is 1. The average Bonchev–Trinajstić information content (AvgIpc) is 2.40. The van der Waals surface area contributed by atoms with Gasteiger partial charge in [0.05, 0.1) is 7.11 Å². The molecule has 0 bridgehead atoms. The largest absolute Gasteiger partial charge is 0.453 e. The van der Waals surface area contributed by atoms with Crippen LogP contribution in [0.3, 0.4) is 0 Å². The Balaban J connectivity index is 2.48. The number of methoxy groups -OCH3 is 1. The number of nitrogens with zero attached hydrogens (tertiary/aromatic N) is 3. The summed E-state index contributed by atoms with van der Waals surface area (Å²) in [6.45, 7) is 0. The van der Waals surface area contributed by atoms with Crippen molar-refractivity contribution >= 4 is 22.8 Å². The minimum absolute atomic E-state index is 0.326. The summed E-state index contributed by atoms with van der Waals surface area (Å²) in [7, 11) is 1.27. The fraction of sp³-hybridized carbons (Fsp3) is 0.333. The van der Waals surface area contributed by atoms with E-state index in [1.807, 2.05) is 0 Å². The third kappa shape index (κ3) is 1.62. The second-order valence-corrected chi connectivity index (χ2v) is 2.02. The van der Waals surface area contributed by atoms with Crippen LogP contribution in [0.2, 0.25) is 0 Å². The van der Waals surface area contributed by atoms with Crippen LogP contribution in [0.15, 0.2) is 0 Å². The molecule has 1 amide bonds. The predicted molar refractivity (Wildman–Crippen MR) is 33.7 cm³/mol. The van der Waals surface area contributed by atoms with Gasteiger partial charge in [-0.3, -0.25) is 5.32 Å². The highest BCUT2D eigenvalue weighted by molar-refractivity contribution is 7.09. The lowest BCUT2D eigenvalue weighted by atomic mass is 11.0. The van der Waals surface area contributed by atoms with Crippen LogP contribution in [0.25, 0.3) is 0 Å². The topological polar surface area (TPSA) is 77.0 Å². The van der Waals surface area contributed by atoms with Gasteiger partial charge < -0.3 is 4.74 Å². The zero-order valence-corrected chi connectivity index (χ0v) is 5.88. The molecule has 0 aromatic carbocycles. The summed E-state index contributed by atoms with van der Waals surface area (Å²) in [5.41, 5.74) is 0. The molecule has 7 heteroatoms. The van der Waals surface area contributed by atoms with Crippen LogP contribution in [0, 0.1) is 0 Å². The molecular formula is C3H4N4O2S. The summed E-state index contributed by atoms with van der Waals surface area (Å²) in [4.78, 5) is 10.5. The van der Waals surface area contributed by atoms with Gasteiger partial charge in [-0.25, -0.2) is 4.79 Å². The van der Waals surface area contributed by atoms with Crippen molar-refractivity contribution in [1.82, 2.24) is 14.8 Å². The van der Waals surface area contributed by atoms with Gasteiger partial charge in [0.25, 0.3) is 0 Å². The van der Waals surface area contributed by atoms with E-state index in [-0.39, 0.29) is 0 Å². The minimum atomic E-state index is -0.571. The van der Waals surface area contributed by atoms with Gasteiger partial charge in [0, 0.05) is 11.5 Å². The number of nitrogens with one attached hydrogen (secondary N) is 1. The van der Waals surface area contributed by atoms with Gasteiger partial charge in [0.1, 0.15) is 0 Å². The number of ether oxygens (including phenoxy) is 1. The van der Waals surface area contributed by atoms with E-state index in [1.54, 1.807) is 0 Å². The van der Waals surface area contributed by atoms with Crippen LogP contribution in [-0.2, 0) is 4.74 Å². The van der Waals surface area contributed by atoms with Crippen molar-refractivity contribution in [3.8, 4) is 0 Å². The summed E-state index contributed by atoms with van der Waals surface area (Å²) >= 11 is 0.982. The zero-order valence-electron chi connectivity index (χ0n) is 5.07. The highest BCUT2D eigenvalue weighted by atomic mass is 32.1. The smallest absolute Gasteiger partial charge is 0.413 e. The molecule has 1 aromatic heterocycles. The maximum Gasteiger partial charge on any atom is 0.413 e. The van der Waals surface area contributed by atoms with E-state index >= 15 is 0 Å². The molecule has 0 aliphatic heterocycles. The number of anilines is 1. The molecule has 0 spiro atoms. The maximum atomic E-state index is 10.5. The Hall–Kier alpha value is -1.24. The standard InChI is InChI=1S/C3H4N4O2S/c1-9-3(8)4-2-5-6-7-10-2/h1H3,(H,4,5,7,8). The van der Waals surface area contributed by atoms with E-state index in [1.165, 1.54) is 7.11 Å². The van der Waals surface area contributed by atoms with Gasteiger partial charge >= 0.3 is 6.09 Å². The molecule has 1 N–H and O–H groups in total. The number of rotatable bonds is 1. The van der Waals surface area contributed by atoms with E-state index in [2.05, 4.69) is 24.9 Å². The lowest BCUT2D eigenvalue weighted by molar-refractivity contribution is 0.187. The first-order valence-electron chi connectivity index (χ1n) is 2.33. The first-order valence-corrected chi connectivity index (χ1v) is 3.10.